The smallest absolute Gasteiger partial charge is 0.407 e. The van der Waals surface area contributed by atoms with Crippen molar-refractivity contribution in [3.8, 4) is 0 Å². The summed E-state index contributed by atoms with van der Waals surface area (Å²) in [7, 11) is 0. The van der Waals surface area contributed by atoms with Gasteiger partial charge in [-0.1, -0.05) is 43.2 Å². The van der Waals surface area contributed by atoms with Crippen LogP contribution in [0, 0.1) is 5.92 Å². The third kappa shape index (κ3) is 4.39. The summed E-state index contributed by atoms with van der Waals surface area (Å²) in [6.45, 7) is 0.308. The maximum absolute atomic E-state index is 11.8. The van der Waals surface area contributed by atoms with E-state index in [1.54, 1.807) is 0 Å². The zero-order valence-electron chi connectivity index (χ0n) is 10.9. The fraction of sp³-hybridized carbons (Fsp3) is 0.467. The molecule has 0 radical (unpaired) electrons. The summed E-state index contributed by atoms with van der Waals surface area (Å²) in [5, 5.41) is 2.52. The van der Waals surface area contributed by atoms with Gasteiger partial charge in [-0.25, -0.2) is 4.79 Å². The molecular formula is C15H19NO3. The van der Waals surface area contributed by atoms with Gasteiger partial charge in [0.2, 0.25) is 0 Å². The van der Waals surface area contributed by atoms with Crippen LogP contribution in [0.4, 0.5) is 4.79 Å². The lowest BCUT2D eigenvalue weighted by atomic mass is 10.0. The number of benzene rings is 1. The SMILES string of the molecule is O=C(NCC(=O)C1CCCC1)OCc1ccccc1. The monoisotopic (exact) mass is 261 g/mol. The van der Waals surface area contributed by atoms with E-state index in [4.69, 9.17) is 4.74 Å². The topological polar surface area (TPSA) is 55.4 Å². The number of alkyl carbamates (subject to hydrolysis) is 1. The molecule has 1 amide bonds. The Bertz CT molecular complexity index is 424. The van der Waals surface area contributed by atoms with Crippen LogP contribution in [0.5, 0.6) is 0 Å². The molecule has 19 heavy (non-hydrogen) atoms. The van der Waals surface area contributed by atoms with E-state index in [2.05, 4.69) is 5.32 Å². The Labute approximate surface area is 113 Å². The molecule has 0 bridgehead atoms. The molecule has 0 aromatic heterocycles. The fourth-order valence-corrected chi connectivity index (χ4v) is 2.33. The second-order valence-electron chi connectivity index (χ2n) is 4.86. The van der Waals surface area contributed by atoms with Gasteiger partial charge in [-0.15, -0.1) is 0 Å². The highest BCUT2D eigenvalue weighted by Crippen LogP contribution is 2.25. The minimum Gasteiger partial charge on any atom is -0.445 e. The van der Waals surface area contributed by atoms with Crippen LogP contribution in [-0.2, 0) is 16.1 Å². The van der Waals surface area contributed by atoms with Gasteiger partial charge in [0, 0.05) is 5.92 Å². The normalized spacial score (nSPS) is 15.2. The van der Waals surface area contributed by atoms with Crippen molar-refractivity contribution >= 4 is 11.9 Å². The average molecular weight is 261 g/mol. The Hall–Kier alpha value is -1.84. The number of amides is 1. The van der Waals surface area contributed by atoms with E-state index in [1.165, 1.54) is 0 Å². The maximum atomic E-state index is 11.8. The summed E-state index contributed by atoms with van der Waals surface area (Å²) in [6.07, 6.45) is 3.62. The van der Waals surface area contributed by atoms with Crippen LogP contribution in [-0.4, -0.2) is 18.4 Å². The van der Waals surface area contributed by atoms with Gasteiger partial charge in [0.05, 0.1) is 6.54 Å². The molecule has 0 aliphatic heterocycles. The van der Waals surface area contributed by atoms with Gasteiger partial charge < -0.3 is 10.1 Å². The van der Waals surface area contributed by atoms with Crippen LogP contribution in [0.15, 0.2) is 30.3 Å². The number of hydrogen-bond acceptors (Lipinski definition) is 3. The van der Waals surface area contributed by atoms with Gasteiger partial charge in [0.25, 0.3) is 0 Å². The summed E-state index contributed by atoms with van der Waals surface area (Å²) < 4.78 is 5.04. The van der Waals surface area contributed by atoms with Crippen LogP contribution >= 0.6 is 0 Å². The maximum Gasteiger partial charge on any atom is 0.407 e. The van der Waals surface area contributed by atoms with E-state index >= 15 is 0 Å². The van der Waals surface area contributed by atoms with E-state index in [0.717, 1.165) is 31.2 Å². The molecule has 1 saturated carbocycles. The van der Waals surface area contributed by atoms with Crippen molar-refractivity contribution in [2.24, 2.45) is 5.92 Å². The van der Waals surface area contributed by atoms with Crippen LogP contribution in [0.25, 0.3) is 0 Å². The number of carbonyl (C=O) groups is 2. The lowest BCUT2D eigenvalue weighted by Gasteiger charge is -2.09. The molecule has 1 aliphatic rings. The molecular weight excluding hydrogens is 242 g/mol. The fourth-order valence-electron chi connectivity index (χ4n) is 2.33. The summed E-state index contributed by atoms with van der Waals surface area (Å²) >= 11 is 0. The highest BCUT2D eigenvalue weighted by molar-refractivity contribution is 5.86. The van der Waals surface area contributed by atoms with Gasteiger partial charge >= 0.3 is 6.09 Å². The lowest BCUT2D eigenvalue weighted by molar-refractivity contribution is -0.121. The predicted octanol–water partition coefficient (Wildman–Crippen LogP) is 2.67. The first kappa shape index (κ1) is 13.6. The number of hydrogen-bond donors (Lipinski definition) is 1. The molecule has 0 unspecified atom stereocenters. The number of rotatable bonds is 5. The molecule has 4 nitrogen and oxygen atoms in total. The Morgan fingerprint density at radius 1 is 1.16 bits per heavy atom. The molecule has 0 atom stereocenters. The first-order valence-corrected chi connectivity index (χ1v) is 6.73. The molecule has 0 heterocycles. The number of nitrogens with one attached hydrogen (secondary N) is 1. The standard InChI is InChI=1S/C15H19NO3/c17-14(13-8-4-5-9-13)10-16-15(18)19-11-12-6-2-1-3-7-12/h1-3,6-7,13H,4-5,8-11H2,(H,16,18). The van der Waals surface area contributed by atoms with Gasteiger partial charge in [-0.05, 0) is 18.4 Å². The number of carbonyl (C=O) groups excluding carboxylic acids is 2. The van der Waals surface area contributed by atoms with Crippen molar-refractivity contribution in [2.45, 2.75) is 32.3 Å². The van der Waals surface area contributed by atoms with E-state index in [9.17, 15) is 9.59 Å². The zero-order chi connectivity index (χ0) is 13.5. The van der Waals surface area contributed by atoms with Gasteiger partial charge in [-0.3, -0.25) is 4.79 Å². The molecule has 0 saturated heterocycles. The second-order valence-corrected chi connectivity index (χ2v) is 4.86. The van der Waals surface area contributed by atoms with Crippen molar-refractivity contribution in [1.29, 1.82) is 0 Å². The minimum absolute atomic E-state index is 0.0816. The van der Waals surface area contributed by atoms with Gasteiger partial charge in [-0.2, -0.15) is 0 Å². The summed E-state index contributed by atoms with van der Waals surface area (Å²) in [6, 6.07) is 9.46. The Morgan fingerprint density at radius 2 is 1.84 bits per heavy atom. The zero-order valence-corrected chi connectivity index (χ0v) is 10.9. The highest BCUT2D eigenvalue weighted by atomic mass is 16.5. The molecule has 102 valence electrons. The molecule has 2 rings (SSSR count). The quantitative estimate of drug-likeness (QED) is 0.886. The second kappa shape index (κ2) is 6.92. The van der Waals surface area contributed by atoms with Gasteiger partial charge in [0.15, 0.2) is 5.78 Å². The molecule has 1 fully saturated rings. The van der Waals surface area contributed by atoms with Crippen LogP contribution in [0.3, 0.4) is 0 Å². The van der Waals surface area contributed by atoms with E-state index in [-0.39, 0.29) is 24.9 Å². The average Bonchev–Trinajstić information content (AvgIpc) is 2.98. The largest absolute Gasteiger partial charge is 0.445 e. The van der Waals surface area contributed by atoms with Crippen LogP contribution < -0.4 is 5.32 Å². The minimum atomic E-state index is -0.532. The van der Waals surface area contributed by atoms with E-state index in [0.29, 0.717) is 0 Å². The Morgan fingerprint density at radius 3 is 2.53 bits per heavy atom. The first-order valence-electron chi connectivity index (χ1n) is 6.73. The van der Waals surface area contributed by atoms with Crippen molar-refractivity contribution in [3.05, 3.63) is 35.9 Å². The van der Waals surface area contributed by atoms with Crippen molar-refractivity contribution < 1.29 is 14.3 Å². The molecule has 1 aliphatic carbocycles. The molecule has 1 N–H and O–H groups in total. The Balaban J connectivity index is 1.65. The third-order valence-electron chi connectivity index (χ3n) is 3.43. The van der Waals surface area contributed by atoms with E-state index in [1.807, 2.05) is 30.3 Å². The van der Waals surface area contributed by atoms with Crippen LogP contribution in [0.2, 0.25) is 0 Å². The first-order chi connectivity index (χ1) is 9.25. The summed E-state index contributed by atoms with van der Waals surface area (Å²) in [4.78, 5) is 23.2. The number of Topliss-reactive ketones (excluding diaryl/α,β-unsaturated/α-hetero) is 1. The highest BCUT2D eigenvalue weighted by Gasteiger charge is 2.22. The van der Waals surface area contributed by atoms with Crippen molar-refractivity contribution in [2.75, 3.05) is 6.54 Å². The molecule has 4 heteroatoms. The number of ether oxygens (including phenoxy) is 1. The molecule has 0 spiro atoms. The molecule has 1 aromatic carbocycles. The van der Waals surface area contributed by atoms with Gasteiger partial charge in [0.1, 0.15) is 6.61 Å². The Kier molecular flexibility index (Phi) is 4.95. The third-order valence-corrected chi connectivity index (χ3v) is 3.43. The molecule has 1 aromatic rings. The lowest BCUT2D eigenvalue weighted by Crippen LogP contribution is -2.32. The van der Waals surface area contributed by atoms with Crippen molar-refractivity contribution in [3.63, 3.8) is 0 Å². The van der Waals surface area contributed by atoms with Crippen LogP contribution in [0.1, 0.15) is 31.2 Å². The van der Waals surface area contributed by atoms with E-state index < -0.39 is 6.09 Å². The summed E-state index contributed by atoms with van der Waals surface area (Å²) in [5.74, 6) is 0.253. The van der Waals surface area contributed by atoms with Crippen molar-refractivity contribution in [1.82, 2.24) is 5.32 Å². The summed E-state index contributed by atoms with van der Waals surface area (Å²) in [5.41, 5.74) is 0.930. The predicted molar refractivity (Wildman–Crippen MR) is 71.6 cm³/mol. The number of ketones is 1.